The highest BCUT2D eigenvalue weighted by Gasteiger charge is 2.11. The molecule has 1 unspecified atom stereocenters. The number of anilines is 2. The second kappa shape index (κ2) is 6.84. The molecule has 0 aliphatic heterocycles. The van der Waals surface area contributed by atoms with E-state index in [-0.39, 0.29) is 6.04 Å². The van der Waals surface area contributed by atoms with Crippen molar-refractivity contribution < 1.29 is 4.79 Å². The molecule has 0 saturated carbocycles. The first-order valence-corrected chi connectivity index (χ1v) is 6.97. The summed E-state index contributed by atoms with van der Waals surface area (Å²) in [7, 11) is 0. The number of aromatic nitrogens is 2. The van der Waals surface area contributed by atoms with Gasteiger partial charge in [0.1, 0.15) is 17.6 Å². The van der Waals surface area contributed by atoms with E-state index in [1.165, 1.54) is 0 Å². The molecule has 0 amide bonds. The van der Waals surface area contributed by atoms with E-state index in [0.717, 1.165) is 48.7 Å². The van der Waals surface area contributed by atoms with Crippen molar-refractivity contribution in [2.24, 2.45) is 0 Å². The average molecular weight is 272 g/mol. The zero-order chi connectivity index (χ0) is 14.4. The van der Waals surface area contributed by atoms with Crippen LogP contribution in [0.4, 0.5) is 11.5 Å². The van der Waals surface area contributed by atoms with E-state index in [2.05, 4.69) is 22.2 Å². The van der Waals surface area contributed by atoms with E-state index in [0.29, 0.717) is 5.82 Å². The van der Waals surface area contributed by atoms with E-state index in [1.807, 2.05) is 12.1 Å². The molecule has 0 fully saturated rings. The molecule has 0 bridgehead atoms. The molecule has 0 aromatic carbocycles. The van der Waals surface area contributed by atoms with Crippen molar-refractivity contribution in [1.82, 2.24) is 9.97 Å². The molecular weight excluding hydrogens is 252 g/mol. The van der Waals surface area contributed by atoms with Crippen LogP contribution in [0.2, 0.25) is 0 Å². The number of nitrogens with two attached hydrogens (primary N) is 1. The summed E-state index contributed by atoms with van der Waals surface area (Å²) >= 11 is 0. The molecule has 0 saturated heterocycles. The van der Waals surface area contributed by atoms with Crippen LogP contribution >= 0.6 is 0 Å². The SMILES string of the molecule is CCCCCC(C=O)Nc1cc(N)nc2cccnc12. The van der Waals surface area contributed by atoms with Gasteiger partial charge in [-0.25, -0.2) is 4.98 Å². The van der Waals surface area contributed by atoms with Crippen LogP contribution in [0.15, 0.2) is 24.4 Å². The molecule has 0 spiro atoms. The van der Waals surface area contributed by atoms with Gasteiger partial charge >= 0.3 is 0 Å². The largest absolute Gasteiger partial charge is 0.384 e. The van der Waals surface area contributed by atoms with E-state index >= 15 is 0 Å². The Labute approximate surface area is 118 Å². The quantitative estimate of drug-likeness (QED) is 0.598. The number of hydrogen-bond donors (Lipinski definition) is 2. The lowest BCUT2D eigenvalue weighted by Crippen LogP contribution is -2.21. The minimum atomic E-state index is -0.214. The number of hydrogen-bond acceptors (Lipinski definition) is 5. The zero-order valence-electron chi connectivity index (χ0n) is 11.7. The Morgan fingerprint density at radius 3 is 3.05 bits per heavy atom. The van der Waals surface area contributed by atoms with E-state index in [4.69, 9.17) is 5.73 Å². The van der Waals surface area contributed by atoms with Gasteiger partial charge in [0.15, 0.2) is 0 Å². The van der Waals surface area contributed by atoms with Gasteiger partial charge in [-0.15, -0.1) is 0 Å². The van der Waals surface area contributed by atoms with Gasteiger partial charge in [0, 0.05) is 12.3 Å². The van der Waals surface area contributed by atoms with Gasteiger partial charge in [-0.2, -0.15) is 0 Å². The average Bonchev–Trinajstić information content (AvgIpc) is 2.46. The van der Waals surface area contributed by atoms with Crippen molar-refractivity contribution in [1.29, 1.82) is 0 Å². The number of aldehydes is 1. The number of pyridine rings is 2. The Bertz CT molecular complexity index is 585. The third-order valence-electron chi connectivity index (χ3n) is 3.21. The molecule has 3 N–H and O–H groups in total. The third-order valence-corrected chi connectivity index (χ3v) is 3.21. The fourth-order valence-electron chi connectivity index (χ4n) is 2.18. The molecule has 0 aliphatic carbocycles. The summed E-state index contributed by atoms with van der Waals surface area (Å²) in [6.45, 7) is 2.14. The van der Waals surface area contributed by atoms with Crippen molar-refractivity contribution >= 4 is 28.8 Å². The second-order valence-electron chi connectivity index (χ2n) is 4.85. The third kappa shape index (κ3) is 3.44. The van der Waals surface area contributed by atoms with Crippen LogP contribution in [-0.2, 0) is 4.79 Å². The van der Waals surface area contributed by atoms with Gasteiger partial charge in [0.2, 0.25) is 0 Å². The normalized spacial score (nSPS) is 12.2. The summed E-state index contributed by atoms with van der Waals surface area (Å²) in [4.78, 5) is 19.7. The van der Waals surface area contributed by atoms with Crippen LogP contribution in [-0.4, -0.2) is 22.3 Å². The fourth-order valence-corrected chi connectivity index (χ4v) is 2.18. The van der Waals surface area contributed by atoms with Gasteiger partial charge in [0.05, 0.1) is 17.2 Å². The van der Waals surface area contributed by atoms with E-state index in [1.54, 1.807) is 12.3 Å². The van der Waals surface area contributed by atoms with Crippen molar-refractivity contribution in [2.75, 3.05) is 11.1 Å². The fraction of sp³-hybridized carbons (Fsp3) is 0.400. The van der Waals surface area contributed by atoms with Crippen molar-refractivity contribution in [3.63, 3.8) is 0 Å². The van der Waals surface area contributed by atoms with Crippen LogP contribution in [0.1, 0.15) is 32.6 Å². The van der Waals surface area contributed by atoms with Crippen LogP contribution in [0, 0.1) is 0 Å². The summed E-state index contributed by atoms with van der Waals surface area (Å²) in [5, 5.41) is 3.22. The first kappa shape index (κ1) is 14.2. The lowest BCUT2D eigenvalue weighted by molar-refractivity contribution is -0.108. The molecule has 20 heavy (non-hydrogen) atoms. The molecule has 0 radical (unpaired) electrons. The van der Waals surface area contributed by atoms with E-state index in [9.17, 15) is 4.79 Å². The molecular formula is C15H20N4O. The number of carbonyl (C=O) groups is 1. The first-order valence-electron chi connectivity index (χ1n) is 6.97. The summed E-state index contributed by atoms with van der Waals surface area (Å²) in [5.74, 6) is 0.422. The molecule has 106 valence electrons. The Morgan fingerprint density at radius 2 is 2.30 bits per heavy atom. The highest BCUT2D eigenvalue weighted by molar-refractivity contribution is 5.90. The van der Waals surface area contributed by atoms with Crippen molar-refractivity contribution in [3.8, 4) is 0 Å². The lowest BCUT2D eigenvalue weighted by Gasteiger charge is -2.15. The number of carbonyl (C=O) groups excluding carboxylic acids is 1. The Balaban J connectivity index is 2.21. The van der Waals surface area contributed by atoms with Gasteiger partial charge in [-0.05, 0) is 18.6 Å². The maximum atomic E-state index is 11.2. The van der Waals surface area contributed by atoms with Crippen molar-refractivity contribution in [3.05, 3.63) is 24.4 Å². The van der Waals surface area contributed by atoms with Gasteiger partial charge in [0.25, 0.3) is 0 Å². The number of rotatable bonds is 7. The molecule has 1 atom stereocenters. The summed E-state index contributed by atoms with van der Waals surface area (Å²) in [5.41, 5.74) is 8.03. The van der Waals surface area contributed by atoms with Crippen LogP contribution in [0.3, 0.4) is 0 Å². The maximum absolute atomic E-state index is 11.2. The van der Waals surface area contributed by atoms with Gasteiger partial charge in [-0.3, -0.25) is 4.98 Å². The van der Waals surface area contributed by atoms with Gasteiger partial charge < -0.3 is 15.8 Å². The summed E-state index contributed by atoms with van der Waals surface area (Å²) < 4.78 is 0. The van der Waals surface area contributed by atoms with E-state index < -0.39 is 0 Å². The summed E-state index contributed by atoms with van der Waals surface area (Å²) in [6.07, 6.45) is 6.76. The van der Waals surface area contributed by atoms with Crippen LogP contribution in [0.5, 0.6) is 0 Å². The highest BCUT2D eigenvalue weighted by Crippen LogP contribution is 2.23. The lowest BCUT2D eigenvalue weighted by atomic mass is 10.1. The molecule has 2 aromatic rings. The molecule has 2 rings (SSSR count). The number of nitrogens with one attached hydrogen (secondary N) is 1. The Kier molecular flexibility index (Phi) is 4.87. The smallest absolute Gasteiger partial charge is 0.142 e. The van der Waals surface area contributed by atoms with Crippen LogP contribution < -0.4 is 11.1 Å². The predicted octanol–water partition coefficient (Wildman–Crippen LogP) is 2.77. The molecule has 2 heterocycles. The Hall–Kier alpha value is -2.17. The predicted molar refractivity (Wildman–Crippen MR) is 81.6 cm³/mol. The minimum absolute atomic E-state index is 0.214. The molecule has 2 aromatic heterocycles. The molecule has 5 nitrogen and oxygen atoms in total. The topological polar surface area (TPSA) is 80.9 Å². The zero-order valence-corrected chi connectivity index (χ0v) is 11.7. The monoisotopic (exact) mass is 272 g/mol. The number of nitrogens with zero attached hydrogens (tertiary/aromatic N) is 2. The van der Waals surface area contributed by atoms with Crippen LogP contribution in [0.25, 0.3) is 11.0 Å². The molecule has 5 heteroatoms. The highest BCUT2D eigenvalue weighted by atomic mass is 16.1. The Morgan fingerprint density at radius 1 is 1.45 bits per heavy atom. The standard InChI is InChI=1S/C15H20N4O/c1-2-3-4-6-11(10-20)18-13-9-14(16)19-12-7-5-8-17-15(12)13/h5,7-11H,2-4,6H2,1H3,(H3,16,18,19). The second-order valence-corrected chi connectivity index (χ2v) is 4.85. The number of nitrogen functional groups attached to an aromatic ring is 1. The minimum Gasteiger partial charge on any atom is -0.384 e. The number of fused-ring (bicyclic) bond motifs is 1. The molecule has 0 aliphatic rings. The number of unbranched alkanes of at least 4 members (excludes halogenated alkanes) is 2. The van der Waals surface area contributed by atoms with Crippen molar-refractivity contribution in [2.45, 2.75) is 38.6 Å². The summed E-state index contributed by atoms with van der Waals surface area (Å²) in [6, 6.07) is 5.19. The first-order chi connectivity index (χ1) is 9.74. The maximum Gasteiger partial charge on any atom is 0.142 e. The van der Waals surface area contributed by atoms with Gasteiger partial charge in [-0.1, -0.05) is 26.2 Å².